The van der Waals surface area contributed by atoms with E-state index in [0.717, 1.165) is 43.5 Å². The SMILES string of the molecule is COc1ccccc1OCCCCCNCC(C)C. The molecule has 0 atom stereocenters. The van der Waals surface area contributed by atoms with Crippen molar-refractivity contribution in [1.82, 2.24) is 5.32 Å². The molecule has 0 spiro atoms. The number of unbranched alkanes of at least 4 members (excludes halogenated alkanes) is 2. The third-order valence-electron chi connectivity index (χ3n) is 2.88. The van der Waals surface area contributed by atoms with Gasteiger partial charge in [0.25, 0.3) is 0 Å². The van der Waals surface area contributed by atoms with E-state index in [4.69, 9.17) is 9.47 Å². The summed E-state index contributed by atoms with van der Waals surface area (Å²) in [5.74, 6) is 2.37. The van der Waals surface area contributed by atoms with Crippen LogP contribution in [0.15, 0.2) is 24.3 Å². The zero-order chi connectivity index (χ0) is 13.9. The molecule has 0 saturated carbocycles. The van der Waals surface area contributed by atoms with Gasteiger partial charge in [-0.05, 0) is 50.4 Å². The minimum absolute atomic E-state index is 0.730. The van der Waals surface area contributed by atoms with Crippen LogP contribution in [0.5, 0.6) is 11.5 Å². The van der Waals surface area contributed by atoms with Crippen LogP contribution in [0.25, 0.3) is 0 Å². The molecule has 1 aromatic rings. The molecule has 0 radical (unpaired) electrons. The van der Waals surface area contributed by atoms with Gasteiger partial charge in [0.15, 0.2) is 11.5 Å². The lowest BCUT2D eigenvalue weighted by atomic mass is 10.2. The number of ether oxygens (including phenoxy) is 2. The highest BCUT2D eigenvalue weighted by atomic mass is 16.5. The molecule has 108 valence electrons. The van der Waals surface area contributed by atoms with Gasteiger partial charge in [-0.2, -0.15) is 0 Å². The van der Waals surface area contributed by atoms with Crippen molar-refractivity contribution in [3.05, 3.63) is 24.3 Å². The largest absolute Gasteiger partial charge is 0.493 e. The van der Waals surface area contributed by atoms with Crippen LogP contribution in [0.3, 0.4) is 0 Å². The van der Waals surface area contributed by atoms with Crippen molar-refractivity contribution < 1.29 is 9.47 Å². The predicted octanol–water partition coefficient (Wildman–Crippen LogP) is 3.49. The summed E-state index contributed by atoms with van der Waals surface area (Å²) >= 11 is 0. The van der Waals surface area contributed by atoms with Crippen molar-refractivity contribution in [2.24, 2.45) is 5.92 Å². The van der Waals surface area contributed by atoms with Crippen LogP contribution >= 0.6 is 0 Å². The van der Waals surface area contributed by atoms with E-state index >= 15 is 0 Å². The highest BCUT2D eigenvalue weighted by Crippen LogP contribution is 2.25. The van der Waals surface area contributed by atoms with Crippen molar-refractivity contribution in [3.8, 4) is 11.5 Å². The third kappa shape index (κ3) is 7.06. The van der Waals surface area contributed by atoms with E-state index in [1.807, 2.05) is 24.3 Å². The second kappa shape index (κ2) is 9.68. The van der Waals surface area contributed by atoms with E-state index in [-0.39, 0.29) is 0 Å². The highest BCUT2D eigenvalue weighted by molar-refractivity contribution is 5.39. The first-order valence-corrected chi connectivity index (χ1v) is 7.20. The molecule has 3 nitrogen and oxygen atoms in total. The number of nitrogens with one attached hydrogen (secondary N) is 1. The summed E-state index contributed by atoms with van der Waals surface area (Å²) in [7, 11) is 1.67. The molecule has 19 heavy (non-hydrogen) atoms. The number of rotatable bonds is 10. The summed E-state index contributed by atoms with van der Waals surface area (Å²) in [6, 6.07) is 7.79. The lowest BCUT2D eigenvalue weighted by Gasteiger charge is -2.10. The predicted molar refractivity (Wildman–Crippen MR) is 80.0 cm³/mol. The maximum absolute atomic E-state index is 5.73. The Hall–Kier alpha value is -1.22. The molecular weight excluding hydrogens is 238 g/mol. The fraction of sp³-hybridized carbons (Fsp3) is 0.625. The molecule has 3 heteroatoms. The minimum Gasteiger partial charge on any atom is -0.493 e. The molecular formula is C16H27NO2. The Bertz CT molecular complexity index is 339. The first kappa shape index (κ1) is 15.8. The molecule has 0 heterocycles. The van der Waals surface area contributed by atoms with Crippen LogP contribution in [0.4, 0.5) is 0 Å². The highest BCUT2D eigenvalue weighted by Gasteiger charge is 2.01. The van der Waals surface area contributed by atoms with Gasteiger partial charge >= 0.3 is 0 Å². The molecule has 1 aromatic carbocycles. The molecule has 0 aliphatic rings. The van der Waals surface area contributed by atoms with Gasteiger partial charge < -0.3 is 14.8 Å². The van der Waals surface area contributed by atoms with Crippen LogP contribution in [0, 0.1) is 5.92 Å². The van der Waals surface area contributed by atoms with Gasteiger partial charge in [-0.25, -0.2) is 0 Å². The van der Waals surface area contributed by atoms with Crippen molar-refractivity contribution in [2.75, 3.05) is 26.8 Å². The molecule has 1 rings (SSSR count). The Morgan fingerprint density at radius 2 is 1.79 bits per heavy atom. The first-order valence-electron chi connectivity index (χ1n) is 7.20. The maximum atomic E-state index is 5.73. The molecule has 0 unspecified atom stereocenters. The summed E-state index contributed by atoms with van der Waals surface area (Å²) in [5, 5.41) is 3.45. The summed E-state index contributed by atoms with van der Waals surface area (Å²) in [6.45, 7) is 7.43. The normalized spacial score (nSPS) is 10.7. The number of hydrogen-bond acceptors (Lipinski definition) is 3. The molecule has 1 N–H and O–H groups in total. The zero-order valence-electron chi connectivity index (χ0n) is 12.4. The van der Waals surface area contributed by atoms with Gasteiger partial charge in [0, 0.05) is 0 Å². The average molecular weight is 265 g/mol. The van der Waals surface area contributed by atoms with E-state index in [2.05, 4.69) is 19.2 Å². The number of para-hydroxylation sites is 2. The molecule has 0 amide bonds. The summed E-state index contributed by atoms with van der Waals surface area (Å²) in [5.41, 5.74) is 0. The summed E-state index contributed by atoms with van der Waals surface area (Å²) < 4.78 is 11.0. The number of benzene rings is 1. The van der Waals surface area contributed by atoms with Gasteiger partial charge in [0.05, 0.1) is 13.7 Å². The molecule has 0 saturated heterocycles. The van der Waals surface area contributed by atoms with E-state index in [1.54, 1.807) is 7.11 Å². The molecule has 0 fully saturated rings. The van der Waals surface area contributed by atoms with E-state index in [9.17, 15) is 0 Å². The van der Waals surface area contributed by atoms with E-state index < -0.39 is 0 Å². The quantitative estimate of drug-likeness (QED) is 0.657. The fourth-order valence-corrected chi connectivity index (χ4v) is 1.84. The zero-order valence-corrected chi connectivity index (χ0v) is 12.4. The monoisotopic (exact) mass is 265 g/mol. The number of methoxy groups -OCH3 is 1. The molecule has 0 aromatic heterocycles. The lowest BCUT2D eigenvalue weighted by Crippen LogP contribution is -2.20. The maximum Gasteiger partial charge on any atom is 0.161 e. The third-order valence-corrected chi connectivity index (χ3v) is 2.88. The Morgan fingerprint density at radius 3 is 2.47 bits per heavy atom. The average Bonchev–Trinajstić information content (AvgIpc) is 2.42. The topological polar surface area (TPSA) is 30.5 Å². The minimum atomic E-state index is 0.730. The lowest BCUT2D eigenvalue weighted by molar-refractivity contribution is 0.285. The summed E-state index contributed by atoms with van der Waals surface area (Å²) in [6.07, 6.45) is 3.49. The summed E-state index contributed by atoms with van der Waals surface area (Å²) in [4.78, 5) is 0. The van der Waals surface area contributed by atoms with Crippen LogP contribution in [0.1, 0.15) is 33.1 Å². The van der Waals surface area contributed by atoms with Crippen LogP contribution in [-0.4, -0.2) is 26.8 Å². The Balaban J connectivity index is 2.04. The van der Waals surface area contributed by atoms with Crippen LogP contribution < -0.4 is 14.8 Å². The standard InChI is InChI=1S/C16H27NO2/c1-14(2)13-17-11-7-4-8-12-19-16-10-6-5-9-15(16)18-3/h5-6,9-10,14,17H,4,7-8,11-13H2,1-3H3. The van der Waals surface area contributed by atoms with Crippen molar-refractivity contribution in [1.29, 1.82) is 0 Å². The van der Waals surface area contributed by atoms with Gasteiger partial charge in [-0.1, -0.05) is 26.0 Å². The van der Waals surface area contributed by atoms with Crippen molar-refractivity contribution in [3.63, 3.8) is 0 Å². The fourth-order valence-electron chi connectivity index (χ4n) is 1.84. The van der Waals surface area contributed by atoms with Gasteiger partial charge in [0.2, 0.25) is 0 Å². The smallest absolute Gasteiger partial charge is 0.161 e. The Kier molecular flexibility index (Phi) is 8.07. The van der Waals surface area contributed by atoms with E-state index in [1.165, 1.54) is 12.8 Å². The van der Waals surface area contributed by atoms with Gasteiger partial charge in [-0.3, -0.25) is 0 Å². The van der Waals surface area contributed by atoms with Crippen LogP contribution in [0.2, 0.25) is 0 Å². The Labute approximate surface area is 117 Å². The van der Waals surface area contributed by atoms with E-state index in [0.29, 0.717) is 0 Å². The van der Waals surface area contributed by atoms with Crippen molar-refractivity contribution >= 4 is 0 Å². The Morgan fingerprint density at radius 1 is 1.05 bits per heavy atom. The first-order chi connectivity index (χ1) is 9.24. The van der Waals surface area contributed by atoms with Gasteiger partial charge in [0.1, 0.15) is 0 Å². The second-order valence-corrected chi connectivity index (χ2v) is 5.16. The second-order valence-electron chi connectivity index (χ2n) is 5.16. The van der Waals surface area contributed by atoms with Crippen LogP contribution in [-0.2, 0) is 0 Å². The molecule has 0 bridgehead atoms. The molecule has 0 aliphatic carbocycles. The van der Waals surface area contributed by atoms with Crippen molar-refractivity contribution in [2.45, 2.75) is 33.1 Å². The molecule has 0 aliphatic heterocycles. The van der Waals surface area contributed by atoms with Gasteiger partial charge in [-0.15, -0.1) is 0 Å². The number of hydrogen-bond donors (Lipinski definition) is 1.